The van der Waals surface area contributed by atoms with Crippen LogP contribution in [0.1, 0.15) is 92.4 Å². The summed E-state index contributed by atoms with van der Waals surface area (Å²) in [7, 11) is -4.48. The molecule has 150 valence electrons. The molecular formula is C20H41O4P. The highest BCUT2D eigenvalue weighted by Gasteiger charge is 2.30. The van der Waals surface area contributed by atoms with Crippen molar-refractivity contribution >= 4 is 7.82 Å². The number of hydrogen-bond acceptors (Lipinski definition) is 2. The van der Waals surface area contributed by atoms with Gasteiger partial charge >= 0.3 is 7.82 Å². The van der Waals surface area contributed by atoms with Crippen LogP contribution in [0.3, 0.4) is 0 Å². The van der Waals surface area contributed by atoms with Crippen molar-refractivity contribution < 1.29 is 18.9 Å². The van der Waals surface area contributed by atoms with E-state index in [-0.39, 0.29) is 0 Å². The van der Waals surface area contributed by atoms with Gasteiger partial charge in [0.2, 0.25) is 0 Å². The minimum atomic E-state index is -4.48. The molecule has 0 aromatic carbocycles. The van der Waals surface area contributed by atoms with Crippen molar-refractivity contribution in [3.05, 3.63) is 12.7 Å². The summed E-state index contributed by atoms with van der Waals surface area (Å²) >= 11 is 0. The molecule has 0 aliphatic rings. The first-order chi connectivity index (χ1) is 11.5. The van der Waals surface area contributed by atoms with E-state index >= 15 is 0 Å². The first kappa shape index (κ1) is 24.8. The van der Waals surface area contributed by atoms with Crippen LogP contribution in [0, 0.1) is 17.8 Å². The fourth-order valence-corrected chi connectivity index (χ4v) is 3.95. The van der Waals surface area contributed by atoms with Gasteiger partial charge in [0.25, 0.3) is 0 Å². The van der Waals surface area contributed by atoms with Gasteiger partial charge in [-0.25, -0.2) is 4.57 Å². The Balaban J connectivity index is 3.91. The van der Waals surface area contributed by atoms with Crippen molar-refractivity contribution in [2.24, 2.45) is 17.8 Å². The molecule has 0 aromatic heterocycles. The Morgan fingerprint density at radius 3 is 1.80 bits per heavy atom. The van der Waals surface area contributed by atoms with Gasteiger partial charge in [0, 0.05) is 0 Å². The molecule has 0 bridgehead atoms. The smallest absolute Gasteiger partial charge is 0.303 e. The van der Waals surface area contributed by atoms with E-state index in [1.165, 1.54) is 44.6 Å². The van der Waals surface area contributed by atoms with E-state index in [9.17, 15) is 4.57 Å². The maximum Gasteiger partial charge on any atom is 0.470 e. The maximum atomic E-state index is 11.0. The molecule has 2 N–H and O–H groups in total. The molecule has 3 atom stereocenters. The van der Waals surface area contributed by atoms with Crippen LogP contribution in [0.15, 0.2) is 12.7 Å². The topological polar surface area (TPSA) is 66.8 Å². The summed E-state index contributed by atoms with van der Waals surface area (Å²) in [5.74, 6) is 2.25. The molecule has 0 fully saturated rings. The Kier molecular flexibility index (Phi) is 12.2. The van der Waals surface area contributed by atoms with Crippen LogP contribution < -0.4 is 0 Å². The Hall–Kier alpha value is -0.150. The third-order valence-electron chi connectivity index (χ3n) is 5.00. The monoisotopic (exact) mass is 376 g/mol. The average Bonchev–Trinajstić information content (AvgIpc) is 2.45. The van der Waals surface area contributed by atoms with Gasteiger partial charge in [-0.15, -0.1) is 6.58 Å². The minimum absolute atomic E-state index is 0.581. The number of phosphoric acid groups is 1. The Bertz CT molecular complexity index is 405. The molecule has 0 heterocycles. The third-order valence-corrected chi connectivity index (χ3v) is 5.66. The second-order valence-corrected chi connectivity index (χ2v) is 9.62. The Morgan fingerprint density at radius 1 is 0.960 bits per heavy atom. The average molecular weight is 377 g/mol. The normalized spacial score (nSPS) is 17.3. The predicted molar refractivity (Wildman–Crippen MR) is 106 cm³/mol. The lowest BCUT2D eigenvalue weighted by Gasteiger charge is -2.26. The SMILES string of the molecule is C=CC(C)(CCCC(C)CCCC(C)CCCC(C)C)OP(=O)(O)O. The minimum Gasteiger partial charge on any atom is -0.303 e. The zero-order valence-electron chi connectivity index (χ0n) is 17.0. The van der Waals surface area contributed by atoms with Crippen LogP contribution in [0.2, 0.25) is 0 Å². The lowest BCUT2D eigenvalue weighted by Crippen LogP contribution is -2.24. The highest BCUT2D eigenvalue weighted by Crippen LogP contribution is 2.43. The van der Waals surface area contributed by atoms with Crippen molar-refractivity contribution in [2.45, 2.75) is 98.0 Å². The molecule has 0 amide bonds. The van der Waals surface area contributed by atoms with Gasteiger partial charge in [-0.3, -0.25) is 4.52 Å². The summed E-state index contributed by atoms with van der Waals surface area (Å²) in [5.41, 5.74) is -0.955. The van der Waals surface area contributed by atoms with Gasteiger partial charge in [-0.05, 0) is 37.5 Å². The molecule has 0 radical (unpaired) electrons. The number of rotatable bonds is 15. The van der Waals surface area contributed by atoms with E-state index in [4.69, 9.17) is 14.3 Å². The molecule has 0 saturated heterocycles. The molecule has 0 aromatic rings. The van der Waals surface area contributed by atoms with E-state index in [1.807, 2.05) is 0 Å². The maximum absolute atomic E-state index is 11.0. The summed E-state index contributed by atoms with van der Waals surface area (Å²) < 4.78 is 15.9. The standard InChI is InChI=1S/C20H41O4P/c1-7-20(6,24-25(21,22)23)16-10-15-19(5)14-9-13-18(4)12-8-11-17(2)3/h7,17-19H,1,8-16H2,2-6H3,(H2,21,22,23). The lowest BCUT2D eigenvalue weighted by atomic mass is 9.90. The van der Waals surface area contributed by atoms with Crippen LogP contribution in [0.5, 0.6) is 0 Å². The van der Waals surface area contributed by atoms with Gasteiger partial charge < -0.3 is 9.79 Å². The van der Waals surface area contributed by atoms with E-state index in [2.05, 4.69) is 34.3 Å². The molecule has 5 heteroatoms. The zero-order valence-corrected chi connectivity index (χ0v) is 17.9. The number of hydrogen-bond donors (Lipinski definition) is 2. The second kappa shape index (κ2) is 12.3. The molecule has 25 heavy (non-hydrogen) atoms. The molecule has 0 rings (SSSR count). The summed E-state index contributed by atoms with van der Waals surface area (Å²) in [5, 5.41) is 0. The first-order valence-corrected chi connectivity index (χ1v) is 11.4. The van der Waals surface area contributed by atoms with Gasteiger partial charge in [-0.1, -0.05) is 78.7 Å². The fourth-order valence-electron chi connectivity index (χ4n) is 3.24. The third kappa shape index (κ3) is 14.7. The van der Waals surface area contributed by atoms with Crippen molar-refractivity contribution in [1.29, 1.82) is 0 Å². The fraction of sp³-hybridized carbons (Fsp3) is 0.900. The Morgan fingerprint density at radius 2 is 1.40 bits per heavy atom. The van der Waals surface area contributed by atoms with Crippen molar-refractivity contribution in [3.63, 3.8) is 0 Å². The highest BCUT2D eigenvalue weighted by atomic mass is 31.2. The highest BCUT2D eigenvalue weighted by molar-refractivity contribution is 7.46. The second-order valence-electron chi connectivity index (χ2n) is 8.46. The summed E-state index contributed by atoms with van der Waals surface area (Å²) in [6.45, 7) is 14.5. The van der Waals surface area contributed by atoms with Crippen molar-refractivity contribution in [3.8, 4) is 0 Å². The largest absolute Gasteiger partial charge is 0.470 e. The first-order valence-electron chi connectivity index (χ1n) is 9.87. The van der Waals surface area contributed by atoms with Gasteiger partial charge in [0.15, 0.2) is 0 Å². The van der Waals surface area contributed by atoms with E-state index in [0.717, 1.165) is 24.7 Å². The van der Waals surface area contributed by atoms with E-state index < -0.39 is 13.4 Å². The quantitative estimate of drug-likeness (QED) is 0.253. The van der Waals surface area contributed by atoms with Gasteiger partial charge in [0.1, 0.15) is 0 Å². The van der Waals surface area contributed by atoms with Crippen LogP contribution in [0.25, 0.3) is 0 Å². The molecule has 3 unspecified atom stereocenters. The molecule has 0 spiro atoms. The zero-order chi connectivity index (χ0) is 19.5. The molecule has 0 aliphatic heterocycles. The van der Waals surface area contributed by atoms with Crippen LogP contribution in [-0.2, 0) is 9.09 Å². The summed E-state index contributed by atoms with van der Waals surface area (Å²) in [6, 6.07) is 0. The Labute approximate surface area is 155 Å². The molecule has 4 nitrogen and oxygen atoms in total. The molecular weight excluding hydrogens is 335 g/mol. The van der Waals surface area contributed by atoms with Crippen molar-refractivity contribution in [2.75, 3.05) is 0 Å². The van der Waals surface area contributed by atoms with Gasteiger partial charge in [0.05, 0.1) is 5.60 Å². The molecule has 0 aliphatic carbocycles. The summed E-state index contributed by atoms with van der Waals surface area (Å²) in [4.78, 5) is 18.0. The van der Waals surface area contributed by atoms with E-state index in [0.29, 0.717) is 12.3 Å². The number of phosphoric ester groups is 1. The van der Waals surface area contributed by atoms with E-state index in [1.54, 1.807) is 6.92 Å². The van der Waals surface area contributed by atoms with Crippen LogP contribution >= 0.6 is 7.82 Å². The van der Waals surface area contributed by atoms with Gasteiger partial charge in [-0.2, -0.15) is 0 Å². The van der Waals surface area contributed by atoms with Crippen LogP contribution in [-0.4, -0.2) is 15.4 Å². The lowest BCUT2D eigenvalue weighted by molar-refractivity contribution is 0.0785. The summed E-state index contributed by atoms with van der Waals surface area (Å²) in [6.07, 6.45) is 11.8. The van der Waals surface area contributed by atoms with Crippen LogP contribution in [0.4, 0.5) is 0 Å². The van der Waals surface area contributed by atoms with Crippen molar-refractivity contribution in [1.82, 2.24) is 0 Å². The predicted octanol–water partition coefficient (Wildman–Crippen LogP) is 6.48. The molecule has 0 saturated carbocycles.